The number of aliphatic hydroxyl groups is 1. The first-order valence-corrected chi connectivity index (χ1v) is 5.00. The van der Waals surface area contributed by atoms with Crippen LogP contribution in [0.5, 0.6) is 0 Å². The number of benzene rings is 1. The molecule has 0 bridgehead atoms. The van der Waals surface area contributed by atoms with Crippen LogP contribution < -0.4 is 10.5 Å². The van der Waals surface area contributed by atoms with Crippen molar-refractivity contribution in [2.75, 3.05) is 18.9 Å². The van der Waals surface area contributed by atoms with Crippen molar-refractivity contribution in [3.8, 4) is 0 Å². The molecule has 0 aliphatic carbocycles. The molecule has 0 aromatic heterocycles. The Bertz CT molecular complexity index is 304. The summed E-state index contributed by atoms with van der Waals surface area (Å²) in [6, 6.07) is 6.83. The summed E-state index contributed by atoms with van der Waals surface area (Å²) in [5.41, 5.74) is 6.09. The van der Waals surface area contributed by atoms with Crippen LogP contribution in [0.4, 0.5) is 5.69 Å². The van der Waals surface area contributed by atoms with Gasteiger partial charge in [0, 0.05) is 12.2 Å². The first-order valence-electron chi connectivity index (χ1n) is 3.85. The Morgan fingerprint density at radius 3 is 2.92 bits per heavy atom. The lowest BCUT2D eigenvalue weighted by Crippen LogP contribution is -2.20. The molecule has 13 heavy (non-hydrogen) atoms. The van der Waals surface area contributed by atoms with Gasteiger partial charge < -0.3 is 10.8 Å². The third-order valence-electron chi connectivity index (χ3n) is 1.42. The second-order valence-corrected chi connectivity index (χ2v) is 3.76. The van der Waals surface area contributed by atoms with E-state index in [1.165, 1.54) is 0 Å². The topological polar surface area (TPSA) is 75.4 Å². The molecule has 0 amide bonds. The summed E-state index contributed by atoms with van der Waals surface area (Å²) in [4.78, 5) is 0.619. The maximum absolute atomic E-state index is 11.4. The van der Waals surface area contributed by atoms with Crippen LogP contribution in [0.25, 0.3) is 0 Å². The molecule has 0 fully saturated rings. The molecule has 4 N–H and O–H groups in total. The van der Waals surface area contributed by atoms with Crippen molar-refractivity contribution in [3.63, 3.8) is 0 Å². The minimum atomic E-state index is -1.28. The lowest BCUT2D eigenvalue weighted by Gasteiger charge is -2.02. The summed E-state index contributed by atoms with van der Waals surface area (Å²) in [6.45, 7) is 0.273. The van der Waals surface area contributed by atoms with Crippen molar-refractivity contribution in [1.82, 2.24) is 4.72 Å². The van der Waals surface area contributed by atoms with E-state index in [0.29, 0.717) is 17.1 Å². The lowest BCUT2D eigenvalue weighted by molar-refractivity contribution is 0.302. The summed E-state index contributed by atoms with van der Waals surface area (Å²) in [5.74, 6) is 0. The molecular weight excluding hydrogens is 188 g/mol. The number of hydrogen-bond donors (Lipinski definition) is 3. The van der Waals surface area contributed by atoms with Crippen LogP contribution in [0.1, 0.15) is 0 Å². The SMILES string of the molecule is Nc1cccc(S(=O)NCCO)c1. The van der Waals surface area contributed by atoms with Crippen LogP contribution in [0.2, 0.25) is 0 Å². The highest BCUT2D eigenvalue weighted by Gasteiger charge is 2.01. The minimum absolute atomic E-state index is 0.0337. The van der Waals surface area contributed by atoms with Gasteiger partial charge in [-0.3, -0.25) is 0 Å². The first kappa shape index (κ1) is 10.2. The second kappa shape index (κ2) is 4.96. The fourth-order valence-electron chi connectivity index (χ4n) is 0.852. The Morgan fingerprint density at radius 2 is 2.31 bits per heavy atom. The van der Waals surface area contributed by atoms with Gasteiger partial charge in [-0.05, 0) is 18.2 Å². The largest absolute Gasteiger partial charge is 0.399 e. The Balaban J connectivity index is 2.66. The van der Waals surface area contributed by atoms with Gasteiger partial charge in [-0.25, -0.2) is 8.93 Å². The van der Waals surface area contributed by atoms with Crippen LogP contribution in [-0.4, -0.2) is 22.5 Å². The average Bonchev–Trinajstić information content (AvgIpc) is 2.14. The number of hydrogen-bond acceptors (Lipinski definition) is 3. The zero-order valence-corrected chi connectivity index (χ0v) is 7.88. The Hall–Kier alpha value is -0.910. The Morgan fingerprint density at radius 1 is 1.54 bits per heavy atom. The molecule has 5 heteroatoms. The zero-order valence-electron chi connectivity index (χ0n) is 7.06. The monoisotopic (exact) mass is 200 g/mol. The molecule has 1 aromatic carbocycles. The van der Waals surface area contributed by atoms with Gasteiger partial charge in [-0.1, -0.05) is 6.07 Å². The van der Waals surface area contributed by atoms with E-state index in [1.54, 1.807) is 24.3 Å². The molecule has 4 nitrogen and oxygen atoms in total. The van der Waals surface area contributed by atoms with Crippen molar-refractivity contribution in [1.29, 1.82) is 0 Å². The number of rotatable bonds is 4. The molecule has 72 valence electrons. The smallest absolute Gasteiger partial charge is 0.125 e. The van der Waals surface area contributed by atoms with Gasteiger partial charge in [0.25, 0.3) is 0 Å². The van der Waals surface area contributed by atoms with E-state index in [0.717, 1.165) is 0 Å². The highest BCUT2D eigenvalue weighted by Crippen LogP contribution is 2.09. The molecule has 0 aliphatic rings. The van der Waals surface area contributed by atoms with Crippen molar-refractivity contribution >= 4 is 16.7 Å². The normalized spacial score (nSPS) is 12.7. The van der Waals surface area contributed by atoms with E-state index in [2.05, 4.69) is 4.72 Å². The van der Waals surface area contributed by atoms with Gasteiger partial charge in [0.2, 0.25) is 0 Å². The molecule has 1 aromatic rings. The van der Waals surface area contributed by atoms with Crippen LogP contribution in [-0.2, 0) is 11.0 Å². The van der Waals surface area contributed by atoms with E-state index < -0.39 is 11.0 Å². The summed E-state index contributed by atoms with van der Waals surface area (Å²) in [6.07, 6.45) is 0. The lowest BCUT2D eigenvalue weighted by atomic mass is 10.3. The van der Waals surface area contributed by atoms with Crippen molar-refractivity contribution in [3.05, 3.63) is 24.3 Å². The molecular formula is C8H12N2O2S. The average molecular weight is 200 g/mol. The summed E-state index contributed by atoms with van der Waals surface area (Å²) in [7, 11) is -1.28. The number of nitrogen functional groups attached to an aromatic ring is 1. The molecule has 0 spiro atoms. The summed E-state index contributed by atoms with van der Waals surface area (Å²) >= 11 is 0. The minimum Gasteiger partial charge on any atom is -0.399 e. The van der Waals surface area contributed by atoms with Gasteiger partial charge in [-0.15, -0.1) is 0 Å². The van der Waals surface area contributed by atoms with Crippen LogP contribution >= 0.6 is 0 Å². The predicted molar refractivity (Wildman–Crippen MR) is 52.4 cm³/mol. The maximum atomic E-state index is 11.4. The molecule has 1 unspecified atom stereocenters. The fraction of sp³-hybridized carbons (Fsp3) is 0.250. The molecule has 0 aliphatic heterocycles. The number of nitrogens with two attached hydrogens (primary N) is 1. The standard InChI is InChI=1S/C8H12N2O2S/c9-7-2-1-3-8(6-7)13(12)10-4-5-11/h1-3,6,10-11H,4-5,9H2. The van der Waals surface area contributed by atoms with Crippen molar-refractivity contribution < 1.29 is 9.32 Å². The van der Waals surface area contributed by atoms with Gasteiger partial charge in [0.1, 0.15) is 11.0 Å². The highest BCUT2D eigenvalue weighted by atomic mass is 32.2. The van der Waals surface area contributed by atoms with E-state index in [4.69, 9.17) is 10.8 Å². The number of nitrogens with one attached hydrogen (secondary N) is 1. The predicted octanol–water partition coefficient (Wildman–Crippen LogP) is -0.127. The van der Waals surface area contributed by atoms with E-state index in [-0.39, 0.29) is 6.61 Å². The van der Waals surface area contributed by atoms with E-state index in [1.807, 2.05) is 0 Å². The third kappa shape index (κ3) is 3.14. The quantitative estimate of drug-likeness (QED) is 0.593. The van der Waals surface area contributed by atoms with Crippen LogP contribution in [0.3, 0.4) is 0 Å². The highest BCUT2D eigenvalue weighted by molar-refractivity contribution is 7.83. The van der Waals surface area contributed by atoms with E-state index in [9.17, 15) is 4.21 Å². The van der Waals surface area contributed by atoms with Gasteiger partial charge in [0.15, 0.2) is 0 Å². The molecule has 0 heterocycles. The fourth-order valence-corrected chi connectivity index (χ4v) is 1.74. The van der Waals surface area contributed by atoms with Gasteiger partial charge >= 0.3 is 0 Å². The Labute approximate surface area is 79.4 Å². The van der Waals surface area contributed by atoms with Gasteiger partial charge in [-0.2, -0.15) is 0 Å². The van der Waals surface area contributed by atoms with Crippen LogP contribution in [0, 0.1) is 0 Å². The second-order valence-electron chi connectivity index (χ2n) is 2.46. The zero-order chi connectivity index (χ0) is 9.68. The summed E-state index contributed by atoms with van der Waals surface area (Å²) < 4.78 is 14.0. The third-order valence-corrected chi connectivity index (χ3v) is 2.57. The molecule has 1 atom stereocenters. The molecule has 0 radical (unpaired) electrons. The molecule has 0 saturated carbocycles. The maximum Gasteiger partial charge on any atom is 0.125 e. The number of anilines is 1. The number of aliphatic hydroxyl groups excluding tert-OH is 1. The van der Waals surface area contributed by atoms with Crippen molar-refractivity contribution in [2.24, 2.45) is 0 Å². The van der Waals surface area contributed by atoms with E-state index >= 15 is 0 Å². The van der Waals surface area contributed by atoms with Crippen molar-refractivity contribution in [2.45, 2.75) is 4.90 Å². The van der Waals surface area contributed by atoms with Crippen LogP contribution in [0.15, 0.2) is 29.2 Å². The Kier molecular flexibility index (Phi) is 3.88. The summed E-state index contributed by atoms with van der Waals surface area (Å²) in [5, 5.41) is 8.50. The molecule has 0 saturated heterocycles. The molecule has 1 rings (SSSR count). The van der Waals surface area contributed by atoms with Gasteiger partial charge in [0.05, 0.1) is 11.5 Å². The first-order chi connectivity index (χ1) is 6.24.